The zero-order chi connectivity index (χ0) is 15.5. The van der Waals surface area contributed by atoms with Gasteiger partial charge in [0.05, 0.1) is 5.60 Å². The largest absolute Gasteiger partial charge is 0.388 e. The molecule has 0 aliphatic carbocycles. The van der Waals surface area contributed by atoms with E-state index in [2.05, 4.69) is 15.3 Å². The summed E-state index contributed by atoms with van der Waals surface area (Å²) in [6, 6.07) is 1.94. The number of rotatable bonds is 4. The van der Waals surface area contributed by atoms with Crippen LogP contribution in [0.5, 0.6) is 0 Å². The summed E-state index contributed by atoms with van der Waals surface area (Å²) in [7, 11) is 1.61. The van der Waals surface area contributed by atoms with Crippen molar-refractivity contribution in [3.05, 3.63) is 17.5 Å². The predicted molar refractivity (Wildman–Crippen MR) is 81.2 cm³/mol. The number of carbonyl (C=O) groups is 1. The van der Waals surface area contributed by atoms with Crippen molar-refractivity contribution in [2.75, 3.05) is 25.0 Å². The van der Waals surface area contributed by atoms with E-state index >= 15 is 0 Å². The van der Waals surface area contributed by atoms with Crippen LogP contribution in [0, 0.1) is 13.8 Å². The molecule has 0 aromatic carbocycles. The molecule has 2 N–H and O–H groups in total. The Kier molecular flexibility index (Phi) is 4.77. The van der Waals surface area contributed by atoms with E-state index in [1.807, 2.05) is 24.8 Å². The zero-order valence-corrected chi connectivity index (χ0v) is 13.0. The molecule has 0 radical (unpaired) electrons. The van der Waals surface area contributed by atoms with E-state index in [-0.39, 0.29) is 5.91 Å². The summed E-state index contributed by atoms with van der Waals surface area (Å²) < 4.78 is 0. The molecule has 116 valence electrons. The average Bonchev–Trinajstić information content (AvgIpc) is 2.44. The van der Waals surface area contributed by atoms with Gasteiger partial charge in [0.1, 0.15) is 0 Å². The van der Waals surface area contributed by atoms with Crippen LogP contribution in [-0.4, -0.2) is 46.7 Å². The van der Waals surface area contributed by atoms with Crippen LogP contribution in [-0.2, 0) is 4.79 Å². The molecular formula is C15H24N4O2. The summed E-state index contributed by atoms with van der Waals surface area (Å²) in [5.74, 6) is 0.633. The van der Waals surface area contributed by atoms with E-state index in [0.717, 1.165) is 24.4 Å². The maximum atomic E-state index is 11.4. The Bertz CT molecular complexity index is 500. The van der Waals surface area contributed by atoms with Gasteiger partial charge < -0.3 is 15.3 Å². The quantitative estimate of drug-likeness (QED) is 0.864. The van der Waals surface area contributed by atoms with E-state index in [1.54, 1.807) is 7.05 Å². The molecule has 6 heteroatoms. The Labute approximate surface area is 125 Å². The van der Waals surface area contributed by atoms with Crippen LogP contribution in [0.2, 0.25) is 0 Å². The molecule has 2 rings (SSSR count). The van der Waals surface area contributed by atoms with E-state index < -0.39 is 5.60 Å². The first kappa shape index (κ1) is 15.7. The Morgan fingerprint density at radius 1 is 1.43 bits per heavy atom. The Morgan fingerprint density at radius 3 is 2.71 bits per heavy atom. The lowest BCUT2D eigenvalue weighted by atomic mass is 9.88. The van der Waals surface area contributed by atoms with Gasteiger partial charge in [0, 0.05) is 37.9 Å². The van der Waals surface area contributed by atoms with Crippen molar-refractivity contribution in [1.82, 2.24) is 15.3 Å². The average molecular weight is 292 g/mol. The van der Waals surface area contributed by atoms with Crippen molar-refractivity contribution in [2.45, 2.75) is 45.1 Å². The minimum atomic E-state index is -0.841. The Morgan fingerprint density at radius 2 is 2.10 bits per heavy atom. The number of carbonyl (C=O) groups excluding carboxylic acids is 1. The maximum Gasteiger partial charge on any atom is 0.225 e. The molecule has 21 heavy (non-hydrogen) atoms. The van der Waals surface area contributed by atoms with Gasteiger partial charge in [-0.05, 0) is 39.2 Å². The van der Waals surface area contributed by atoms with Crippen molar-refractivity contribution in [3.63, 3.8) is 0 Å². The van der Waals surface area contributed by atoms with Crippen molar-refractivity contribution >= 4 is 11.9 Å². The lowest BCUT2D eigenvalue weighted by Crippen LogP contribution is -2.49. The molecule has 1 aromatic rings. The van der Waals surface area contributed by atoms with Gasteiger partial charge in [-0.25, -0.2) is 9.97 Å². The van der Waals surface area contributed by atoms with Gasteiger partial charge in [-0.1, -0.05) is 0 Å². The number of hydrogen-bond acceptors (Lipinski definition) is 5. The number of aliphatic hydroxyl groups is 1. The van der Waals surface area contributed by atoms with Crippen LogP contribution in [0.15, 0.2) is 6.07 Å². The van der Waals surface area contributed by atoms with Crippen molar-refractivity contribution < 1.29 is 9.90 Å². The Hall–Kier alpha value is -1.69. The van der Waals surface area contributed by atoms with Gasteiger partial charge in [-0.3, -0.25) is 4.79 Å². The molecule has 0 unspecified atom stereocenters. The number of aromatic nitrogens is 2. The fraction of sp³-hybridized carbons (Fsp3) is 0.667. The number of amides is 1. The van der Waals surface area contributed by atoms with Crippen LogP contribution in [0.3, 0.4) is 0 Å². The molecule has 0 spiro atoms. The first-order chi connectivity index (χ1) is 9.92. The van der Waals surface area contributed by atoms with Crippen LogP contribution >= 0.6 is 0 Å². The van der Waals surface area contributed by atoms with E-state index in [1.165, 1.54) is 0 Å². The summed E-state index contributed by atoms with van der Waals surface area (Å²) >= 11 is 0. The number of β-amino-alcohol motifs (C(OH)–C–C–N with tert-alkyl or cyclic N) is 1. The second-order valence-electron chi connectivity index (χ2n) is 5.87. The maximum absolute atomic E-state index is 11.4. The lowest BCUT2D eigenvalue weighted by molar-refractivity contribution is -0.122. The number of nitrogens with one attached hydrogen (secondary N) is 1. The molecule has 1 atom stereocenters. The SMILES string of the molecule is CNC(=O)CC[C@@]1(O)CCCN(c2nc(C)cc(C)n2)C1. The van der Waals surface area contributed by atoms with Gasteiger partial charge in [0.25, 0.3) is 0 Å². The number of aryl methyl sites for hydroxylation is 2. The number of nitrogens with zero attached hydrogens (tertiary/aromatic N) is 3. The molecule has 1 aromatic heterocycles. The van der Waals surface area contributed by atoms with Gasteiger partial charge in [0.15, 0.2) is 0 Å². The molecule has 1 aliphatic rings. The van der Waals surface area contributed by atoms with Crippen LogP contribution in [0.1, 0.15) is 37.1 Å². The highest BCUT2D eigenvalue weighted by atomic mass is 16.3. The molecule has 1 amide bonds. The van der Waals surface area contributed by atoms with Crippen molar-refractivity contribution in [1.29, 1.82) is 0 Å². The molecule has 0 saturated carbocycles. The van der Waals surface area contributed by atoms with E-state index in [9.17, 15) is 9.90 Å². The van der Waals surface area contributed by atoms with Gasteiger partial charge >= 0.3 is 0 Å². The van der Waals surface area contributed by atoms with Crippen LogP contribution < -0.4 is 10.2 Å². The third kappa shape index (κ3) is 4.14. The highest BCUT2D eigenvalue weighted by molar-refractivity contribution is 5.75. The van der Waals surface area contributed by atoms with Gasteiger partial charge in [-0.15, -0.1) is 0 Å². The monoisotopic (exact) mass is 292 g/mol. The third-order valence-electron chi connectivity index (χ3n) is 3.90. The second-order valence-corrected chi connectivity index (χ2v) is 5.87. The lowest BCUT2D eigenvalue weighted by Gasteiger charge is -2.39. The summed E-state index contributed by atoms with van der Waals surface area (Å²) in [5, 5.41) is 13.3. The number of hydrogen-bond donors (Lipinski definition) is 2. The summed E-state index contributed by atoms with van der Waals surface area (Å²) in [4.78, 5) is 22.3. The predicted octanol–water partition coefficient (Wildman–Crippen LogP) is 0.951. The molecule has 1 saturated heterocycles. The number of anilines is 1. The molecule has 0 bridgehead atoms. The van der Waals surface area contributed by atoms with Crippen molar-refractivity contribution in [2.24, 2.45) is 0 Å². The van der Waals surface area contributed by atoms with Gasteiger partial charge in [-0.2, -0.15) is 0 Å². The minimum Gasteiger partial charge on any atom is -0.388 e. The third-order valence-corrected chi connectivity index (χ3v) is 3.90. The van der Waals surface area contributed by atoms with Crippen LogP contribution in [0.4, 0.5) is 5.95 Å². The van der Waals surface area contributed by atoms with E-state index in [0.29, 0.717) is 31.8 Å². The fourth-order valence-corrected chi connectivity index (χ4v) is 2.81. The smallest absolute Gasteiger partial charge is 0.225 e. The summed E-state index contributed by atoms with van der Waals surface area (Å²) in [6.45, 7) is 5.21. The normalized spacial score (nSPS) is 22.2. The Balaban J connectivity index is 2.07. The molecule has 6 nitrogen and oxygen atoms in total. The zero-order valence-electron chi connectivity index (χ0n) is 13.0. The van der Waals surface area contributed by atoms with Crippen molar-refractivity contribution in [3.8, 4) is 0 Å². The summed E-state index contributed by atoms with van der Waals surface area (Å²) in [6.07, 6.45) is 2.40. The van der Waals surface area contributed by atoms with Crippen LogP contribution in [0.25, 0.3) is 0 Å². The first-order valence-electron chi connectivity index (χ1n) is 7.42. The topological polar surface area (TPSA) is 78.4 Å². The number of piperidine rings is 1. The van der Waals surface area contributed by atoms with Gasteiger partial charge in [0.2, 0.25) is 11.9 Å². The minimum absolute atomic E-state index is 0.0387. The summed E-state index contributed by atoms with van der Waals surface area (Å²) in [5.41, 5.74) is 1.01. The highest BCUT2D eigenvalue weighted by Crippen LogP contribution is 2.28. The second kappa shape index (κ2) is 6.39. The highest BCUT2D eigenvalue weighted by Gasteiger charge is 2.34. The molecule has 1 aliphatic heterocycles. The standard InChI is InChI=1S/C15H24N4O2/c1-11-9-12(2)18-14(17-11)19-8-4-6-15(21,10-19)7-5-13(20)16-3/h9,21H,4-8,10H2,1-3H3,(H,16,20)/t15-/m0/s1. The molecule has 2 heterocycles. The molecule has 1 fully saturated rings. The first-order valence-corrected chi connectivity index (χ1v) is 7.42. The fourth-order valence-electron chi connectivity index (χ4n) is 2.81. The van der Waals surface area contributed by atoms with E-state index in [4.69, 9.17) is 0 Å². The molecular weight excluding hydrogens is 268 g/mol.